The Morgan fingerprint density at radius 2 is 1.52 bits per heavy atom. The summed E-state index contributed by atoms with van der Waals surface area (Å²) in [5.74, 6) is 0.338. The van der Waals surface area contributed by atoms with E-state index in [2.05, 4.69) is 19.1 Å². The molecular formula is C26H28O3. The maximum absolute atomic E-state index is 12.7. The minimum atomic E-state index is -0.551. The van der Waals surface area contributed by atoms with Crippen molar-refractivity contribution >= 4 is 5.97 Å². The van der Waals surface area contributed by atoms with Crippen LogP contribution in [-0.2, 0) is 11.3 Å². The molecule has 0 saturated carbocycles. The maximum Gasteiger partial charge on any atom is 0.338 e. The summed E-state index contributed by atoms with van der Waals surface area (Å²) >= 11 is 0. The molecule has 0 aliphatic carbocycles. The zero-order valence-electron chi connectivity index (χ0n) is 17.8. The summed E-state index contributed by atoms with van der Waals surface area (Å²) in [6, 6.07) is 21.9. The molecule has 3 aromatic rings. The van der Waals surface area contributed by atoms with Crippen LogP contribution in [0.2, 0.25) is 0 Å². The van der Waals surface area contributed by atoms with Crippen LogP contribution in [0.15, 0.2) is 66.7 Å². The first-order valence-corrected chi connectivity index (χ1v) is 9.85. The average molecular weight is 389 g/mol. The molecular weight excluding hydrogens is 360 g/mol. The third kappa shape index (κ3) is 5.26. The van der Waals surface area contributed by atoms with E-state index < -0.39 is 5.60 Å². The fourth-order valence-corrected chi connectivity index (χ4v) is 3.26. The van der Waals surface area contributed by atoms with Gasteiger partial charge in [0.1, 0.15) is 18.0 Å². The number of hydrogen-bond acceptors (Lipinski definition) is 3. The summed E-state index contributed by atoms with van der Waals surface area (Å²) in [7, 11) is 0. The molecule has 0 aliphatic rings. The van der Waals surface area contributed by atoms with Gasteiger partial charge in [0.25, 0.3) is 0 Å². The average Bonchev–Trinajstić information content (AvgIpc) is 2.66. The number of benzene rings is 3. The molecule has 0 aliphatic heterocycles. The molecule has 150 valence electrons. The van der Waals surface area contributed by atoms with Crippen LogP contribution in [0.5, 0.6) is 5.75 Å². The van der Waals surface area contributed by atoms with Crippen molar-refractivity contribution in [3.8, 4) is 16.9 Å². The van der Waals surface area contributed by atoms with Crippen LogP contribution >= 0.6 is 0 Å². The summed E-state index contributed by atoms with van der Waals surface area (Å²) in [5, 5.41) is 0. The normalized spacial score (nSPS) is 11.2. The summed E-state index contributed by atoms with van der Waals surface area (Å²) in [4.78, 5) is 12.7. The summed E-state index contributed by atoms with van der Waals surface area (Å²) < 4.78 is 11.8. The Kier molecular flexibility index (Phi) is 6.07. The summed E-state index contributed by atoms with van der Waals surface area (Å²) in [6.45, 7) is 10.1. The fraction of sp³-hybridized carbons (Fsp3) is 0.269. The van der Waals surface area contributed by atoms with Crippen molar-refractivity contribution in [1.29, 1.82) is 0 Å². The number of esters is 1. The zero-order valence-corrected chi connectivity index (χ0v) is 17.8. The van der Waals surface area contributed by atoms with E-state index in [9.17, 15) is 4.79 Å². The van der Waals surface area contributed by atoms with Gasteiger partial charge in [0.15, 0.2) is 0 Å². The molecule has 0 bridgehead atoms. The van der Waals surface area contributed by atoms with Gasteiger partial charge in [-0.15, -0.1) is 0 Å². The van der Waals surface area contributed by atoms with Crippen LogP contribution in [0.3, 0.4) is 0 Å². The molecule has 0 radical (unpaired) electrons. The van der Waals surface area contributed by atoms with Crippen molar-refractivity contribution in [2.24, 2.45) is 0 Å². The Morgan fingerprint density at radius 1 is 0.862 bits per heavy atom. The number of carbonyl (C=O) groups is 1. The van der Waals surface area contributed by atoms with Gasteiger partial charge in [0, 0.05) is 5.56 Å². The Balaban J connectivity index is 2.04. The first kappa shape index (κ1) is 20.7. The number of aryl methyl sites for hydroxylation is 2. The van der Waals surface area contributed by atoms with E-state index in [1.165, 1.54) is 0 Å². The standard InChI is InChI=1S/C26H28O3/c1-18-11-9-10-14-22(18)24-19(2)15-21(25(27)29-26(3,4)5)16-23(24)28-17-20-12-7-6-8-13-20/h6-16H,17H2,1-5H3. The van der Waals surface area contributed by atoms with E-state index in [1.807, 2.05) is 76.2 Å². The molecule has 3 heteroatoms. The van der Waals surface area contributed by atoms with Gasteiger partial charge in [-0.2, -0.15) is 0 Å². The second-order valence-corrected chi connectivity index (χ2v) is 8.26. The molecule has 0 aromatic heterocycles. The zero-order chi connectivity index (χ0) is 21.0. The number of rotatable bonds is 5. The van der Waals surface area contributed by atoms with Crippen molar-refractivity contribution in [2.75, 3.05) is 0 Å². The van der Waals surface area contributed by atoms with Gasteiger partial charge >= 0.3 is 5.97 Å². The Labute approximate surface area is 173 Å². The van der Waals surface area contributed by atoms with Crippen molar-refractivity contribution < 1.29 is 14.3 Å². The van der Waals surface area contributed by atoms with Crippen LogP contribution in [0, 0.1) is 13.8 Å². The van der Waals surface area contributed by atoms with E-state index in [0.29, 0.717) is 17.9 Å². The van der Waals surface area contributed by atoms with Gasteiger partial charge in [0.05, 0.1) is 5.56 Å². The molecule has 0 unspecified atom stereocenters. The Hall–Kier alpha value is -3.07. The molecule has 3 aromatic carbocycles. The van der Waals surface area contributed by atoms with Crippen LogP contribution in [0.1, 0.15) is 47.8 Å². The highest BCUT2D eigenvalue weighted by Crippen LogP contribution is 2.37. The first-order valence-electron chi connectivity index (χ1n) is 9.85. The van der Waals surface area contributed by atoms with Gasteiger partial charge < -0.3 is 9.47 Å². The van der Waals surface area contributed by atoms with E-state index in [1.54, 1.807) is 6.07 Å². The van der Waals surface area contributed by atoms with Crippen molar-refractivity contribution in [3.63, 3.8) is 0 Å². The second-order valence-electron chi connectivity index (χ2n) is 8.26. The largest absolute Gasteiger partial charge is 0.488 e. The van der Waals surface area contributed by atoms with Crippen LogP contribution < -0.4 is 4.74 Å². The Morgan fingerprint density at radius 3 is 2.17 bits per heavy atom. The van der Waals surface area contributed by atoms with Gasteiger partial charge in [-0.1, -0.05) is 54.6 Å². The predicted molar refractivity (Wildman–Crippen MR) is 117 cm³/mol. The quantitative estimate of drug-likeness (QED) is 0.468. The van der Waals surface area contributed by atoms with E-state index >= 15 is 0 Å². The SMILES string of the molecule is Cc1ccccc1-c1c(C)cc(C(=O)OC(C)(C)C)cc1OCc1ccccc1. The highest BCUT2D eigenvalue weighted by molar-refractivity contribution is 5.92. The lowest BCUT2D eigenvalue weighted by Crippen LogP contribution is -2.24. The highest BCUT2D eigenvalue weighted by atomic mass is 16.6. The van der Waals surface area contributed by atoms with Crippen molar-refractivity contribution in [3.05, 3.63) is 89.0 Å². The lowest BCUT2D eigenvalue weighted by molar-refractivity contribution is 0.00690. The Bertz CT molecular complexity index is 998. The van der Waals surface area contributed by atoms with Crippen LogP contribution in [0.4, 0.5) is 0 Å². The molecule has 0 atom stereocenters. The summed E-state index contributed by atoms with van der Waals surface area (Å²) in [6.07, 6.45) is 0. The smallest absolute Gasteiger partial charge is 0.338 e. The number of ether oxygens (including phenoxy) is 2. The van der Waals surface area contributed by atoms with E-state index in [0.717, 1.165) is 27.8 Å². The molecule has 3 nitrogen and oxygen atoms in total. The van der Waals surface area contributed by atoms with Gasteiger partial charge in [-0.25, -0.2) is 4.79 Å². The monoisotopic (exact) mass is 388 g/mol. The molecule has 3 rings (SSSR count). The van der Waals surface area contributed by atoms with Crippen LogP contribution in [0.25, 0.3) is 11.1 Å². The lowest BCUT2D eigenvalue weighted by Gasteiger charge is -2.21. The molecule has 0 N–H and O–H groups in total. The predicted octanol–water partition coefficient (Wildman–Crippen LogP) is 6.50. The van der Waals surface area contributed by atoms with Crippen molar-refractivity contribution in [2.45, 2.75) is 46.8 Å². The van der Waals surface area contributed by atoms with E-state index in [-0.39, 0.29) is 5.97 Å². The maximum atomic E-state index is 12.7. The summed E-state index contributed by atoms with van der Waals surface area (Å²) in [5.41, 5.74) is 5.26. The molecule has 0 saturated heterocycles. The number of hydrogen-bond donors (Lipinski definition) is 0. The first-order chi connectivity index (χ1) is 13.7. The molecule has 0 amide bonds. The minimum Gasteiger partial charge on any atom is -0.488 e. The molecule has 0 spiro atoms. The lowest BCUT2D eigenvalue weighted by atomic mass is 9.94. The van der Waals surface area contributed by atoms with Crippen molar-refractivity contribution in [1.82, 2.24) is 0 Å². The number of carbonyl (C=O) groups excluding carboxylic acids is 1. The molecule has 0 fully saturated rings. The topological polar surface area (TPSA) is 35.5 Å². The van der Waals surface area contributed by atoms with Gasteiger partial charge in [0.2, 0.25) is 0 Å². The van der Waals surface area contributed by atoms with Crippen LogP contribution in [-0.4, -0.2) is 11.6 Å². The van der Waals surface area contributed by atoms with Gasteiger partial charge in [-0.3, -0.25) is 0 Å². The third-order valence-corrected chi connectivity index (χ3v) is 4.59. The fourth-order valence-electron chi connectivity index (χ4n) is 3.26. The third-order valence-electron chi connectivity index (χ3n) is 4.59. The van der Waals surface area contributed by atoms with E-state index in [4.69, 9.17) is 9.47 Å². The highest BCUT2D eigenvalue weighted by Gasteiger charge is 2.21. The minimum absolute atomic E-state index is 0.346. The molecule has 29 heavy (non-hydrogen) atoms. The second kappa shape index (κ2) is 8.52. The van der Waals surface area contributed by atoms with Gasteiger partial charge in [-0.05, 0) is 69.0 Å². The molecule has 0 heterocycles.